The van der Waals surface area contributed by atoms with E-state index in [2.05, 4.69) is 21.2 Å². The Morgan fingerprint density at radius 3 is 2.67 bits per heavy atom. The molecule has 1 aromatic rings. The van der Waals surface area contributed by atoms with Crippen LogP contribution in [-0.2, 0) is 4.74 Å². The number of ether oxygens (including phenoxy) is 3. The van der Waals surface area contributed by atoms with Crippen molar-refractivity contribution in [2.24, 2.45) is 0 Å². The highest BCUT2D eigenvalue weighted by atomic mass is 79.9. The number of methoxy groups -OCH3 is 2. The van der Waals surface area contributed by atoms with Crippen molar-refractivity contribution in [2.75, 3.05) is 40.5 Å². The zero-order chi connectivity index (χ0) is 13.2. The van der Waals surface area contributed by atoms with E-state index in [1.165, 1.54) is 0 Å². The van der Waals surface area contributed by atoms with Crippen LogP contribution in [0.2, 0.25) is 0 Å². The van der Waals surface area contributed by atoms with Gasteiger partial charge >= 0.3 is 0 Å². The van der Waals surface area contributed by atoms with E-state index < -0.39 is 0 Å². The summed E-state index contributed by atoms with van der Waals surface area (Å²) in [6.07, 6.45) is 1.02. The minimum atomic E-state index is 0.637. The minimum absolute atomic E-state index is 0.637. The van der Waals surface area contributed by atoms with Crippen LogP contribution >= 0.6 is 15.9 Å². The van der Waals surface area contributed by atoms with E-state index in [1.54, 1.807) is 14.2 Å². The van der Waals surface area contributed by atoms with Crippen LogP contribution in [0.3, 0.4) is 0 Å². The van der Waals surface area contributed by atoms with Gasteiger partial charge in [0.2, 0.25) is 0 Å². The lowest BCUT2D eigenvalue weighted by Crippen LogP contribution is -2.22. The molecular formula is C13H20BrNO3. The van der Waals surface area contributed by atoms with E-state index >= 15 is 0 Å². The Kier molecular flexibility index (Phi) is 7.80. The second-order valence-corrected chi connectivity index (χ2v) is 4.60. The summed E-state index contributed by atoms with van der Waals surface area (Å²) in [4.78, 5) is 0. The fraction of sp³-hybridized carbons (Fsp3) is 0.538. The highest BCUT2D eigenvalue weighted by Gasteiger charge is 2.02. The van der Waals surface area contributed by atoms with Gasteiger partial charge in [-0.05, 0) is 47.1 Å². The maximum absolute atomic E-state index is 5.65. The molecule has 1 N–H and O–H groups in total. The van der Waals surface area contributed by atoms with Crippen molar-refractivity contribution >= 4 is 15.9 Å². The summed E-state index contributed by atoms with van der Waals surface area (Å²) in [5.74, 6) is 1.64. The monoisotopic (exact) mass is 317 g/mol. The molecular weight excluding hydrogens is 298 g/mol. The number of halogens is 1. The Balaban J connectivity index is 2.19. The third-order valence-electron chi connectivity index (χ3n) is 2.38. The van der Waals surface area contributed by atoms with Gasteiger partial charge in [0.15, 0.2) is 0 Å². The van der Waals surface area contributed by atoms with Crippen molar-refractivity contribution in [3.8, 4) is 11.5 Å². The molecule has 0 fully saturated rings. The second-order valence-electron chi connectivity index (χ2n) is 3.74. The first-order valence-corrected chi connectivity index (χ1v) is 6.73. The molecule has 0 aliphatic heterocycles. The lowest BCUT2D eigenvalue weighted by molar-refractivity contribution is 0.193. The zero-order valence-electron chi connectivity index (χ0n) is 10.9. The summed E-state index contributed by atoms with van der Waals surface area (Å²) in [6, 6.07) is 5.67. The van der Waals surface area contributed by atoms with Crippen molar-refractivity contribution in [3.63, 3.8) is 0 Å². The van der Waals surface area contributed by atoms with Crippen molar-refractivity contribution in [2.45, 2.75) is 6.42 Å². The van der Waals surface area contributed by atoms with Gasteiger partial charge in [-0.3, -0.25) is 0 Å². The fourth-order valence-electron chi connectivity index (χ4n) is 1.43. The van der Waals surface area contributed by atoms with Crippen LogP contribution in [0.15, 0.2) is 22.7 Å². The van der Waals surface area contributed by atoms with Crippen LogP contribution in [0.5, 0.6) is 11.5 Å². The van der Waals surface area contributed by atoms with Gasteiger partial charge in [0.05, 0.1) is 11.6 Å². The first-order valence-electron chi connectivity index (χ1n) is 5.94. The van der Waals surface area contributed by atoms with Gasteiger partial charge in [-0.15, -0.1) is 0 Å². The van der Waals surface area contributed by atoms with Crippen LogP contribution in [0, 0.1) is 0 Å². The van der Waals surface area contributed by atoms with Gasteiger partial charge in [-0.1, -0.05) is 0 Å². The number of rotatable bonds is 9. The first-order chi connectivity index (χ1) is 8.77. The van der Waals surface area contributed by atoms with E-state index in [9.17, 15) is 0 Å². The molecule has 0 aromatic heterocycles. The summed E-state index contributed by atoms with van der Waals surface area (Å²) in [7, 11) is 3.36. The second kappa shape index (κ2) is 9.19. The van der Waals surface area contributed by atoms with E-state index in [1.807, 2.05) is 18.2 Å². The number of nitrogens with one attached hydrogen (secondary N) is 1. The molecule has 0 amide bonds. The van der Waals surface area contributed by atoms with E-state index in [4.69, 9.17) is 14.2 Å². The van der Waals surface area contributed by atoms with Gasteiger partial charge in [0.1, 0.15) is 18.1 Å². The van der Waals surface area contributed by atoms with Crippen molar-refractivity contribution < 1.29 is 14.2 Å². The van der Waals surface area contributed by atoms with E-state index in [-0.39, 0.29) is 0 Å². The van der Waals surface area contributed by atoms with E-state index in [0.717, 1.165) is 42.1 Å². The molecule has 0 saturated carbocycles. The van der Waals surface area contributed by atoms with Crippen LogP contribution in [0.1, 0.15) is 6.42 Å². The quantitative estimate of drug-likeness (QED) is 0.710. The Morgan fingerprint density at radius 1 is 1.17 bits per heavy atom. The number of benzene rings is 1. The molecule has 0 unspecified atom stereocenters. The molecule has 1 rings (SSSR count). The highest BCUT2D eigenvalue weighted by Crippen LogP contribution is 2.28. The van der Waals surface area contributed by atoms with Crippen LogP contribution in [0.25, 0.3) is 0 Å². The molecule has 4 nitrogen and oxygen atoms in total. The number of hydrogen-bond acceptors (Lipinski definition) is 4. The predicted molar refractivity (Wildman–Crippen MR) is 75.6 cm³/mol. The summed E-state index contributed by atoms with van der Waals surface area (Å²) < 4.78 is 16.6. The molecule has 102 valence electrons. The van der Waals surface area contributed by atoms with E-state index in [0.29, 0.717) is 6.61 Å². The van der Waals surface area contributed by atoms with Crippen LogP contribution in [0.4, 0.5) is 0 Å². The fourth-order valence-corrected chi connectivity index (χ4v) is 1.90. The van der Waals surface area contributed by atoms with Crippen LogP contribution < -0.4 is 14.8 Å². The molecule has 18 heavy (non-hydrogen) atoms. The first kappa shape index (κ1) is 15.3. The maximum atomic E-state index is 5.65. The largest absolute Gasteiger partial charge is 0.497 e. The summed E-state index contributed by atoms with van der Waals surface area (Å²) in [6.45, 7) is 3.19. The Labute approximate surface area is 117 Å². The lowest BCUT2D eigenvalue weighted by Gasteiger charge is -2.10. The maximum Gasteiger partial charge on any atom is 0.133 e. The Bertz CT molecular complexity index is 347. The molecule has 0 spiro atoms. The average Bonchev–Trinajstić information content (AvgIpc) is 2.39. The van der Waals surface area contributed by atoms with Gasteiger partial charge in [-0.2, -0.15) is 0 Å². The summed E-state index contributed by atoms with van der Waals surface area (Å²) in [5, 5.41) is 3.29. The van der Waals surface area contributed by atoms with Gasteiger partial charge in [-0.25, -0.2) is 0 Å². The van der Waals surface area contributed by atoms with Gasteiger partial charge < -0.3 is 19.5 Å². The molecule has 0 aliphatic carbocycles. The summed E-state index contributed by atoms with van der Waals surface area (Å²) in [5.41, 5.74) is 0. The molecule has 1 aromatic carbocycles. The van der Waals surface area contributed by atoms with Gasteiger partial charge in [0.25, 0.3) is 0 Å². The van der Waals surface area contributed by atoms with Crippen molar-refractivity contribution in [1.82, 2.24) is 5.32 Å². The molecule has 0 bridgehead atoms. The molecule has 0 aliphatic rings. The Hall–Kier alpha value is -0.780. The molecule has 0 heterocycles. The minimum Gasteiger partial charge on any atom is -0.497 e. The average molecular weight is 318 g/mol. The molecule has 0 radical (unpaired) electrons. The SMILES string of the molecule is COCCCNCCOc1ccc(OC)cc1Br. The number of hydrogen-bond donors (Lipinski definition) is 1. The third-order valence-corrected chi connectivity index (χ3v) is 3.00. The zero-order valence-corrected chi connectivity index (χ0v) is 12.5. The predicted octanol–water partition coefficient (Wildman–Crippen LogP) is 2.46. The summed E-state index contributed by atoms with van der Waals surface area (Å²) >= 11 is 3.45. The van der Waals surface area contributed by atoms with Gasteiger partial charge in [0, 0.05) is 20.3 Å². The standard InChI is InChI=1S/C13H20BrNO3/c1-16-8-3-6-15-7-9-18-13-5-4-11(17-2)10-12(13)14/h4-5,10,15H,3,6-9H2,1-2H3. The smallest absolute Gasteiger partial charge is 0.133 e. The van der Waals surface area contributed by atoms with Crippen molar-refractivity contribution in [1.29, 1.82) is 0 Å². The van der Waals surface area contributed by atoms with Crippen molar-refractivity contribution in [3.05, 3.63) is 22.7 Å². The molecule has 0 atom stereocenters. The van der Waals surface area contributed by atoms with Crippen LogP contribution in [-0.4, -0.2) is 40.5 Å². The molecule has 0 saturated heterocycles. The lowest BCUT2D eigenvalue weighted by atomic mass is 10.3. The third kappa shape index (κ3) is 5.71. The normalized spacial score (nSPS) is 10.4. The molecule has 5 heteroatoms. The highest BCUT2D eigenvalue weighted by molar-refractivity contribution is 9.10. The topological polar surface area (TPSA) is 39.7 Å². The Morgan fingerprint density at radius 2 is 2.00 bits per heavy atom.